The van der Waals surface area contributed by atoms with Crippen molar-refractivity contribution in [3.63, 3.8) is 0 Å². The molecule has 0 aliphatic rings. The van der Waals surface area contributed by atoms with Gasteiger partial charge in [-0.05, 0) is 36.4 Å². The maximum Gasteiger partial charge on any atom is 0.262 e. The molecule has 0 aliphatic carbocycles. The van der Waals surface area contributed by atoms with E-state index >= 15 is 0 Å². The van der Waals surface area contributed by atoms with Crippen LogP contribution < -0.4 is 19.5 Å². The van der Waals surface area contributed by atoms with Crippen LogP contribution in [-0.2, 0) is 10.0 Å². The van der Waals surface area contributed by atoms with E-state index in [2.05, 4.69) is 16.6 Å². The second-order valence-corrected chi connectivity index (χ2v) is 6.55. The van der Waals surface area contributed by atoms with Gasteiger partial charge in [-0.3, -0.25) is 4.72 Å². The molecule has 24 heavy (non-hydrogen) atoms. The molecule has 7 heteroatoms. The van der Waals surface area contributed by atoms with Crippen molar-refractivity contribution in [1.29, 1.82) is 0 Å². The Bertz CT molecular complexity index is 802. The Morgan fingerprint density at radius 3 is 2.21 bits per heavy atom. The summed E-state index contributed by atoms with van der Waals surface area (Å²) in [6, 6.07) is 11.4. The molecule has 0 aliphatic heterocycles. The van der Waals surface area contributed by atoms with Gasteiger partial charge in [0.1, 0.15) is 0 Å². The summed E-state index contributed by atoms with van der Waals surface area (Å²) in [5, 5.41) is 3.12. The van der Waals surface area contributed by atoms with Crippen molar-refractivity contribution in [1.82, 2.24) is 0 Å². The number of benzene rings is 2. The molecule has 128 valence electrons. The van der Waals surface area contributed by atoms with E-state index in [1.165, 1.54) is 26.4 Å². The molecule has 0 fully saturated rings. The van der Waals surface area contributed by atoms with E-state index in [1.807, 2.05) is 0 Å². The molecule has 2 aromatic carbocycles. The largest absolute Gasteiger partial charge is 0.493 e. The van der Waals surface area contributed by atoms with Crippen molar-refractivity contribution in [3.05, 3.63) is 55.1 Å². The summed E-state index contributed by atoms with van der Waals surface area (Å²) in [6.07, 6.45) is 1.74. The van der Waals surface area contributed by atoms with Gasteiger partial charge in [-0.15, -0.1) is 6.58 Å². The lowest BCUT2D eigenvalue weighted by atomic mass is 10.3. The lowest BCUT2D eigenvalue weighted by molar-refractivity contribution is 0.354. The van der Waals surface area contributed by atoms with Crippen LogP contribution in [0.3, 0.4) is 0 Å². The Morgan fingerprint density at radius 2 is 1.62 bits per heavy atom. The SMILES string of the molecule is C=CCNc1ccc(NS(=O)(=O)c2ccc(OC)c(OC)c2)cc1. The van der Waals surface area contributed by atoms with E-state index in [4.69, 9.17) is 9.47 Å². The van der Waals surface area contributed by atoms with Gasteiger partial charge in [-0.2, -0.15) is 0 Å². The summed E-state index contributed by atoms with van der Waals surface area (Å²) in [4.78, 5) is 0.0917. The number of nitrogens with one attached hydrogen (secondary N) is 2. The molecule has 6 nitrogen and oxygen atoms in total. The summed E-state index contributed by atoms with van der Waals surface area (Å²) in [7, 11) is -0.776. The molecule has 0 bridgehead atoms. The van der Waals surface area contributed by atoms with E-state index in [0.717, 1.165) is 5.69 Å². The summed E-state index contributed by atoms with van der Waals surface area (Å²) >= 11 is 0. The van der Waals surface area contributed by atoms with Gasteiger partial charge in [-0.25, -0.2) is 8.42 Å². The predicted molar refractivity (Wildman–Crippen MR) is 95.5 cm³/mol. The van der Waals surface area contributed by atoms with Gasteiger partial charge in [0.2, 0.25) is 0 Å². The third kappa shape index (κ3) is 4.20. The Kier molecular flexibility index (Phi) is 5.70. The Morgan fingerprint density at radius 1 is 1.00 bits per heavy atom. The van der Waals surface area contributed by atoms with E-state index in [1.54, 1.807) is 36.4 Å². The van der Waals surface area contributed by atoms with Crippen LogP contribution >= 0.6 is 0 Å². The van der Waals surface area contributed by atoms with E-state index in [-0.39, 0.29) is 4.90 Å². The third-order valence-electron chi connectivity index (χ3n) is 3.25. The fraction of sp³-hybridized carbons (Fsp3) is 0.176. The van der Waals surface area contributed by atoms with E-state index in [0.29, 0.717) is 23.7 Å². The van der Waals surface area contributed by atoms with Crippen molar-refractivity contribution < 1.29 is 17.9 Å². The number of hydrogen-bond donors (Lipinski definition) is 2. The molecule has 0 radical (unpaired) electrons. The van der Waals surface area contributed by atoms with Crippen molar-refractivity contribution >= 4 is 21.4 Å². The lowest BCUT2D eigenvalue weighted by Crippen LogP contribution is -2.13. The monoisotopic (exact) mass is 348 g/mol. The van der Waals surface area contributed by atoms with Crippen LogP contribution in [0.25, 0.3) is 0 Å². The first-order chi connectivity index (χ1) is 11.5. The van der Waals surface area contributed by atoms with Gasteiger partial charge in [-0.1, -0.05) is 6.08 Å². The van der Waals surface area contributed by atoms with Crippen LogP contribution in [0, 0.1) is 0 Å². The van der Waals surface area contributed by atoms with Crippen molar-refractivity contribution in [3.8, 4) is 11.5 Å². The van der Waals surface area contributed by atoms with Crippen LogP contribution in [0.2, 0.25) is 0 Å². The summed E-state index contributed by atoms with van der Waals surface area (Å²) in [5.41, 5.74) is 1.35. The zero-order valence-corrected chi connectivity index (χ0v) is 14.4. The molecule has 0 unspecified atom stereocenters. The highest BCUT2D eigenvalue weighted by Gasteiger charge is 2.17. The van der Waals surface area contributed by atoms with E-state index < -0.39 is 10.0 Å². The summed E-state index contributed by atoms with van der Waals surface area (Å²) in [6.45, 7) is 4.26. The first-order valence-corrected chi connectivity index (χ1v) is 8.68. The number of rotatable bonds is 8. The minimum absolute atomic E-state index is 0.0917. The molecule has 0 spiro atoms. The maximum absolute atomic E-state index is 12.5. The lowest BCUT2D eigenvalue weighted by Gasteiger charge is -2.12. The van der Waals surface area contributed by atoms with Crippen LogP contribution in [0.15, 0.2) is 60.0 Å². The van der Waals surface area contributed by atoms with Crippen molar-refractivity contribution in [2.24, 2.45) is 0 Å². The average Bonchev–Trinajstić information content (AvgIpc) is 2.60. The third-order valence-corrected chi connectivity index (χ3v) is 4.63. The molecule has 0 saturated carbocycles. The van der Waals surface area contributed by atoms with Gasteiger partial charge in [0.25, 0.3) is 10.0 Å². The minimum Gasteiger partial charge on any atom is -0.493 e. The average molecular weight is 348 g/mol. The predicted octanol–water partition coefficient (Wildman–Crippen LogP) is 3.10. The van der Waals surface area contributed by atoms with Gasteiger partial charge >= 0.3 is 0 Å². The molecule has 0 amide bonds. The highest BCUT2D eigenvalue weighted by molar-refractivity contribution is 7.92. The second-order valence-electron chi connectivity index (χ2n) is 4.87. The number of sulfonamides is 1. The molecule has 2 N–H and O–H groups in total. The van der Waals surface area contributed by atoms with Crippen LogP contribution in [0.1, 0.15) is 0 Å². The molecule has 2 aromatic rings. The Labute approximate surface area is 142 Å². The normalized spacial score (nSPS) is 10.8. The van der Waals surface area contributed by atoms with Gasteiger partial charge in [0.15, 0.2) is 11.5 Å². The van der Waals surface area contributed by atoms with Gasteiger partial charge in [0.05, 0.1) is 19.1 Å². The molecular weight excluding hydrogens is 328 g/mol. The van der Waals surface area contributed by atoms with Crippen LogP contribution in [0.5, 0.6) is 11.5 Å². The maximum atomic E-state index is 12.5. The number of methoxy groups -OCH3 is 2. The zero-order chi connectivity index (χ0) is 17.6. The van der Waals surface area contributed by atoms with Gasteiger partial charge in [0, 0.05) is 24.0 Å². The zero-order valence-electron chi connectivity index (χ0n) is 13.6. The standard InChI is InChI=1S/C17H20N2O4S/c1-4-11-18-13-5-7-14(8-6-13)19-24(20,21)15-9-10-16(22-2)17(12-15)23-3/h4-10,12,18-19H,1,11H2,2-3H3. The first-order valence-electron chi connectivity index (χ1n) is 7.20. The van der Waals surface area contributed by atoms with Gasteiger partial charge < -0.3 is 14.8 Å². The smallest absolute Gasteiger partial charge is 0.262 e. The highest BCUT2D eigenvalue weighted by Crippen LogP contribution is 2.30. The molecule has 0 atom stereocenters. The number of hydrogen-bond acceptors (Lipinski definition) is 5. The van der Waals surface area contributed by atoms with E-state index in [9.17, 15) is 8.42 Å². The Hall–Kier alpha value is -2.67. The fourth-order valence-electron chi connectivity index (χ4n) is 2.04. The molecule has 0 heterocycles. The Balaban J connectivity index is 2.20. The second kappa shape index (κ2) is 7.74. The molecule has 0 saturated heterocycles. The topological polar surface area (TPSA) is 76.7 Å². The highest BCUT2D eigenvalue weighted by atomic mass is 32.2. The minimum atomic E-state index is -3.72. The fourth-order valence-corrected chi connectivity index (χ4v) is 3.12. The van der Waals surface area contributed by atoms with Crippen molar-refractivity contribution in [2.45, 2.75) is 4.90 Å². The molecule has 2 rings (SSSR count). The summed E-state index contributed by atoms with van der Waals surface area (Å²) < 4.78 is 37.8. The molecular formula is C17H20N2O4S. The number of anilines is 2. The molecule has 0 aromatic heterocycles. The van der Waals surface area contributed by atoms with Crippen LogP contribution in [-0.4, -0.2) is 29.2 Å². The van der Waals surface area contributed by atoms with Crippen molar-refractivity contribution in [2.75, 3.05) is 30.8 Å². The number of ether oxygens (including phenoxy) is 2. The van der Waals surface area contributed by atoms with Crippen LogP contribution in [0.4, 0.5) is 11.4 Å². The first kappa shape index (κ1) is 17.7. The quantitative estimate of drug-likeness (QED) is 0.717. The summed E-state index contributed by atoms with van der Waals surface area (Å²) in [5.74, 6) is 0.818.